The molecule has 17 heavy (non-hydrogen) atoms. The highest BCUT2D eigenvalue weighted by atomic mass is 35.5. The fraction of sp³-hybridized carbons (Fsp3) is 0.571. The molecule has 1 aromatic carbocycles. The third-order valence-corrected chi connectivity index (χ3v) is 3.51. The maximum absolute atomic E-state index is 13.0. The zero-order chi connectivity index (χ0) is 13.1. The normalized spacial score (nSPS) is 13.8. The van der Waals surface area contributed by atoms with Gasteiger partial charge in [-0.05, 0) is 49.0 Å². The molecule has 0 bridgehead atoms. The molecule has 96 valence electrons. The van der Waals surface area contributed by atoms with Gasteiger partial charge in [-0.25, -0.2) is 4.39 Å². The van der Waals surface area contributed by atoms with Crippen LogP contribution in [0.5, 0.6) is 0 Å². The maximum Gasteiger partial charge on any atom is 0.124 e. The molecule has 1 nitrogen and oxygen atoms in total. The first-order valence-corrected chi connectivity index (χ1v) is 6.31. The van der Waals surface area contributed by atoms with Crippen LogP contribution in [0.3, 0.4) is 0 Å². The van der Waals surface area contributed by atoms with Crippen LogP contribution in [0.4, 0.5) is 4.39 Å². The third kappa shape index (κ3) is 4.29. The molecule has 1 atom stereocenters. The number of hydrogen-bond acceptors (Lipinski definition) is 1. The summed E-state index contributed by atoms with van der Waals surface area (Å²) >= 11 is 6.06. The third-order valence-electron chi connectivity index (χ3n) is 3.16. The number of rotatable bonds is 4. The molecular weight excluding hydrogens is 237 g/mol. The van der Waals surface area contributed by atoms with Crippen LogP contribution in [0.15, 0.2) is 18.2 Å². The molecule has 0 amide bonds. The number of nitrogens with one attached hydrogen (secondary N) is 1. The lowest BCUT2D eigenvalue weighted by Gasteiger charge is -2.31. The van der Waals surface area contributed by atoms with Gasteiger partial charge in [0.05, 0.1) is 0 Å². The summed E-state index contributed by atoms with van der Waals surface area (Å²) in [6.45, 7) is 7.57. The van der Waals surface area contributed by atoms with E-state index in [1.54, 1.807) is 6.07 Å². The highest BCUT2D eigenvalue weighted by Gasteiger charge is 2.24. The fourth-order valence-electron chi connectivity index (χ4n) is 1.88. The molecule has 1 N–H and O–H groups in total. The molecule has 0 aliphatic carbocycles. The van der Waals surface area contributed by atoms with Gasteiger partial charge < -0.3 is 5.32 Å². The van der Waals surface area contributed by atoms with Crippen molar-refractivity contribution in [3.8, 4) is 0 Å². The Morgan fingerprint density at radius 2 is 2.00 bits per heavy atom. The number of hydrogen-bond donors (Lipinski definition) is 1. The molecular formula is C14H21ClFN. The standard InChI is InChI=1S/C14H21ClFN/c1-14(2,3)11(9-17-4)7-10-5-6-12(16)8-13(10)15/h5-6,8,11,17H,7,9H2,1-4H3. The minimum Gasteiger partial charge on any atom is -0.319 e. The van der Waals surface area contributed by atoms with E-state index in [1.165, 1.54) is 12.1 Å². The Morgan fingerprint density at radius 3 is 2.47 bits per heavy atom. The van der Waals surface area contributed by atoms with Crippen LogP contribution in [0.25, 0.3) is 0 Å². The summed E-state index contributed by atoms with van der Waals surface area (Å²) < 4.78 is 13.0. The predicted octanol–water partition coefficient (Wildman–Crippen LogP) is 3.90. The summed E-state index contributed by atoms with van der Waals surface area (Å²) in [5.74, 6) is 0.190. The van der Waals surface area contributed by atoms with Gasteiger partial charge in [-0.3, -0.25) is 0 Å². The van der Waals surface area contributed by atoms with Gasteiger partial charge in [-0.15, -0.1) is 0 Å². The van der Waals surface area contributed by atoms with Crippen LogP contribution in [0, 0.1) is 17.2 Å². The molecule has 0 aliphatic rings. The Morgan fingerprint density at radius 1 is 1.35 bits per heavy atom. The Labute approximate surface area is 108 Å². The fourth-order valence-corrected chi connectivity index (χ4v) is 2.13. The molecule has 1 aromatic rings. The van der Waals surface area contributed by atoms with E-state index in [0.29, 0.717) is 10.9 Å². The average Bonchev–Trinajstić information content (AvgIpc) is 2.19. The van der Waals surface area contributed by atoms with Crippen LogP contribution < -0.4 is 5.32 Å². The SMILES string of the molecule is CNCC(Cc1ccc(F)cc1Cl)C(C)(C)C. The van der Waals surface area contributed by atoms with Crippen molar-refractivity contribution in [2.24, 2.45) is 11.3 Å². The molecule has 0 radical (unpaired) electrons. The van der Waals surface area contributed by atoms with Crippen molar-refractivity contribution in [3.63, 3.8) is 0 Å². The lowest BCUT2D eigenvalue weighted by molar-refractivity contribution is 0.235. The molecule has 0 spiro atoms. The number of halogens is 2. The van der Waals surface area contributed by atoms with Gasteiger partial charge in [0.25, 0.3) is 0 Å². The van der Waals surface area contributed by atoms with Crippen molar-refractivity contribution in [1.82, 2.24) is 5.32 Å². The second-order valence-corrected chi connectivity index (χ2v) is 5.97. The summed E-state index contributed by atoms with van der Waals surface area (Å²) in [6, 6.07) is 4.64. The Hall–Kier alpha value is -0.600. The van der Waals surface area contributed by atoms with Crippen LogP contribution in [0.2, 0.25) is 5.02 Å². The van der Waals surface area contributed by atoms with Gasteiger partial charge >= 0.3 is 0 Å². The summed E-state index contributed by atoms with van der Waals surface area (Å²) in [7, 11) is 1.95. The molecule has 0 aromatic heterocycles. The quantitative estimate of drug-likeness (QED) is 0.863. The van der Waals surface area contributed by atoms with Gasteiger partial charge in [-0.2, -0.15) is 0 Å². The summed E-state index contributed by atoms with van der Waals surface area (Å²) in [5, 5.41) is 3.73. The van der Waals surface area contributed by atoms with Gasteiger partial charge in [0.1, 0.15) is 5.82 Å². The van der Waals surface area contributed by atoms with Crippen molar-refractivity contribution in [3.05, 3.63) is 34.6 Å². The highest BCUT2D eigenvalue weighted by molar-refractivity contribution is 6.31. The van der Waals surface area contributed by atoms with Crippen molar-refractivity contribution >= 4 is 11.6 Å². The minimum atomic E-state index is -0.278. The Balaban J connectivity index is 2.86. The van der Waals surface area contributed by atoms with Gasteiger partial charge in [0, 0.05) is 5.02 Å². The lowest BCUT2D eigenvalue weighted by Crippen LogP contribution is -2.31. The van der Waals surface area contributed by atoms with Gasteiger partial charge in [0.15, 0.2) is 0 Å². The maximum atomic E-state index is 13.0. The van der Waals surface area contributed by atoms with Crippen LogP contribution in [0.1, 0.15) is 26.3 Å². The van der Waals surface area contributed by atoms with E-state index in [0.717, 1.165) is 18.5 Å². The first kappa shape index (κ1) is 14.5. The first-order chi connectivity index (χ1) is 7.84. The van der Waals surface area contributed by atoms with E-state index in [9.17, 15) is 4.39 Å². The van der Waals surface area contributed by atoms with Crippen molar-refractivity contribution < 1.29 is 4.39 Å². The van der Waals surface area contributed by atoms with E-state index in [4.69, 9.17) is 11.6 Å². The second kappa shape index (κ2) is 5.83. The van der Waals surface area contributed by atoms with E-state index in [1.807, 2.05) is 7.05 Å². The van der Waals surface area contributed by atoms with Crippen LogP contribution >= 0.6 is 11.6 Å². The van der Waals surface area contributed by atoms with E-state index < -0.39 is 0 Å². The smallest absolute Gasteiger partial charge is 0.124 e. The summed E-state index contributed by atoms with van der Waals surface area (Å²) in [5.41, 5.74) is 1.21. The molecule has 3 heteroatoms. The van der Waals surface area contributed by atoms with E-state index in [-0.39, 0.29) is 11.2 Å². The summed E-state index contributed by atoms with van der Waals surface area (Å²) in [6.07, 6.45) is 0.865. The van der Waals surface area contributed by atoms with Gasteiger partial charge in [-0.1, -0.05) is 38.4 Å². The molecule has 0 fully saturated rings. The van der Waals surface area contributed by atoms with Gasteiger partial charge in [0.2, 0.25) is 0 Å². The van der Waals surface area contributed by atoms with Crippen molar-refractivity contribution in [2.45, 2.75) is 27.2 Å². The monoisotopic (exact) mass is 257 g/mol. The largest absolute Gasteiger partial charge is 0.319 e. The zero-order valence-electron chi connectivity index (χ0n) is 11.0. The lowest BCUT2D eigenvalue weighted by atomic mass is 9.77. The Bertz CT molecular complexity index is 371. The first-order valence-electron chi connectivity index (χ1n) is 5.93. The molecule has 0 saturated heterocycles. The Kier molecular flexibility index (Phi) is 4.96. The molecule has 1 unspecified atom stereocenters. The van der Waals surface area contributed by atoms with E-state index in [2.05, 4.69) is 26.1 Å². The average molecular weight is 258 g/mol. The topological polar surface area (TPSA) is 12.0 Å². The molecule has 1 rings (SSSR count). The van der Waals surface area contributed by atoms with Crippen molar-refractivity contribution in [1.29, 1.82) is 0 Å². The highest BCUT2D eigenvalue weighted by Crippen LogP contribution is 2.30. The minimum absolute atomic E-state index is 0.195. The molecule has 0 aliphatic heterocycles. The molecule has 0 saturated carbocycles. The molecule has 0 heterocycles. The van der Waals surface area contributed by atoms with E-state index >= 15 is 0 Å². The van der Waals surface area contributed by atoms with Crippen molar-refractivity contribution in [2.75, 3.05) is 13.6 Å². The van der Waals surface area contributed by atoms with Crippen LogP contribution in [-0.2, 0) is 6.42 Å². The predicted molar refractivity (Wildman–Crippen MR) is 72.0 cm³/mol. The van der Waals surface area contributed by atoms with Crippen LogP contribution in [-0.4, -0.2) is 13.6 Å². The summed E-state index contributed by atoms with van der Waals surface area (Å²) in [4.78, 5) is 0. The zero-order valence-corrected chi connectivity index (χ0v) is 11.7. The number of benzene rings is 1. The second-order valence-electron chi connectivity index (χ2n) is 5.56.